The third-order valence-corrected chi connectivity index (χ3v) is 7.21. The third kappa shape index (κ3) is 4.99. The van der Waals surface area contributed by atoms with Crippen LogP contribution >= 0.6 is 11.3 Å². The first-order valence-electron chi connectivity index (χ1n) is 11.8. The molecule has 182 valence electrons. The zero-order valence-corrected chi connectivity index (χ0v) is 20.7. The van der Waals surface area contributed by atoms with Crippen molar-refractivity contribution in [1.29, 1.82) is 0 Å². The first-order chi connectivity index (χ1) is 17.6. The molecule has 1 fully saturated rings. The van der Waals surface area contributed by atoms with Crippen LogP contribution in [0.1, 0.15) is 29.9 Å². The molecule has 2 heterocycles. The fourth-order valence-corrected chi connectivity index (χ4v) is 5.32. The van der Waals surface area contributed by atoms with Gasteiger partial charge in [0.05, 0.1) is 13.0 Å². The minimum Gasteiger partial charge on any atom is -0.497 e. The van der Waals surface area contributed by atoms with Crippen molar-refractivity contribution in [2.75, 3.05) is 19.0 Å². The van der Waals surface area contributed by atoms with Crippen molar-refractivity contribution in [3.8, 4) is 16.3 Å². The van der Waals surface area contributed by atoms with E-state index in [-0.39, 0.29) is 11.8 Å². The monoisotopic (exact) mass is 498 g/mol. The number of rotatable bonds is 7. The third-order valence-electron chi connectivity index (χ3n) is 6.32. The van der Waals surface area contributed by atoms with Gasteiger partial charge in [0.2, 0.25) is 16.9 Å². The standard InChI is InChI=1S/C28H26N4O3S/c1-35-22-15-8-14-21(18-22)26-30-31-28(36-26)29-25(33)23-16-9-17-32(23)27(34)24(19-10-4-2-5-11-19)20-12-6-3-7-13-20/h2-8,10-15,18,23-24H,9,16-17H2,1H3,(H,29,31,33). The molecule has 0 bridgehead atoms. The van der Waals surface area contributed by atoms with Crippen molar-refractivity contribution in [3.63, 3.8) is 0 Å². The minimum atomic E-state index is -0.559. The molecule has 1 N–H and O–H groups in total. The Morgan fingerprint density at radius 3 is 2.33 bits per heavy atom. The van der Waals surface area contributed by atoms with Gasteiger partial charge in [-0.05, 0) is 36.1 Å². The summed E-state index contributed by atoms with van der Waals surface area (Å²) in [5, 5.41) is 12.3. The lowest BCUT2D eigenvalue weighted by molar-refractivity contribution is -0.137. The lowest BCUT2D eigenvalue weighted by atomic mass is 9.90. The average molecular weight is 499 g/mol. The summed E-state index contributed by atoms with van der Waals surface area (Å²) >= 11 is 1.29. The molecule has 0 spiro atoms. The number of benzene rings is 3. The molecule has 1 aromatic heterocycles. The molecule has 1 atom stereocenters. The summed E-state index contributed by atoms with van der Waals surface area (Å²) in [6.45, 7) is 0.540. The number of carbonyl (C=O) groups excluding carboxylic acids is 2. The SMILES string of the molecule is COc1cccc(-c2nnc(NC(=O)C3CCCN3C(=O)C(c3ccccc3)c3ccccc3)s2)c1. The molecule has 1 unspecified atom stereocenters. The maximum absolute atomic E-state index is 13.9. The van der Waals surface area contributed by atoms with Crippen molar-refractivity contribution >= 4 is 28.3 Å². The van der Waals surface area contributed by atoms with E-state index in [0.29, 0.717) is 23.1 Å². The fourth-order valence-electron chi connectivity index (χ4n) is 4.57. The van der Waals surface area contributed by atoms with Gasteiger partial charge in [0, 0.05) is 12.1 Å². The fraction of sp³-hybridized carbons (Fsp3) is 0.214. The molecule has 0 aliphatic carbocycles. The quantitative estimate of drug-likeness (QED) is 0.389. The Kier molecular flexibility index (Phi) is 7.04. The average Bonchev–Trinajstić information content (AvgIpc) is 3.60. The predicted octanol–water partition coefficient (Wildman–Crippen LogP) is 4.98. The van der Waals surface area contributed by atoms with Gasteiger partial charge in [-0.3, -0.25) is 14.9 Å². The van der Waals surface area contributed by atoms with Gasteiger partial charge in [-0.1, -0.05) is 84.1 Å². The number of nitrogens with zero attached hydrogens (tertiary/aromatic N) is 3. The number of ether oxygens (including phenoxy) is 1. The molecule has 4 aromatic rings. The zero-order valence-electron chi connectivity index (χ0n) is 19.8. The summed E-state index contributed by atoms with van der Waals surface area (Å²) in [6.07, 6.45) is 1.38. The number of carbonyl (C=O) groups is 2. The highest BCUT2D eigenvalue weighted by Gasteiger charge is 2.38. The van der Waals surface area contributed by atoms with Gasteiger partial charge in [-0.25, -0.2) is 0 Å². The number of amides is 2. The number of aromatic nitrogens is 2. The van der Waals surface area contributed by atoms with Crippen molar-refractivity contribution in [2.45, 2.75) is 24.8 Å². The molecule has 0 saturated carbocycles. The van der Waals surface area contributed by atoms with E-state index in [1.165, 1.54) is 11.3 Å². The molecule has 5 rings (SSSR count). The molecule has 36 heavy (non-hydrogen) atoms. The smallest absolute Gasteiger partial charge is 0.249 e. The van der Waals surface area contributed by atoms with E-state index in [0.717, 1.165) is 28.9 Å². The van der Waals surface area contributed by atoms with Crippen LogP contribution in [-0.2, 0) is 9.59 Å². The van der Waals surface area contributed by atoms with Crippen molar-refractivity contribution < 1.29 is 14.3 Å². The molecule has 1 aliphatic rings. The first kappa shape index (κ1) is 23.7. The van der Waals surface area contributed by atoms with Gasteiger partial charge in [-0.2, -0.15) is 0 Å². The van der Waals surface area contributed by atoms with E-state index in [2.05, 4.69) is 15.5 Å². The van der Waals surface area contributed by atoms with Gasteiger partial charge in [-0.15, -0.1) is 10.2 Å². The molecular weight excluding hydrogens is 472 g/mol. The van der Waals surface area contributed by atoms with E-state index in [1.54, 1.807) is 12.0 Å². The zero-order chi connectivity index (χ0) is 24.9. The maximum atomic E-state index is 13.9. The number of nitrogens with one attached hydrogen (secondary N) is 1. The van der Waals surface area contributed by atoms with Gasteiger partial charge < -0.3 is 9.64 Å². The topological polar surface area (TPSA) is 84.4 Å². The Labute approximate surface area is 213 Å². The van der Waals surface area contributed by atoms with Gasteiger partial charge in [0.15, 0.2) is 0 Å². The molecular formula is C28H26N4O3S. The Balaban J connectivity index is 1.35. The highest BCUT2D eigenvalue weighted by molar-refractivity contribution is 7.18. The van der Waals surface area contributed by atoms with Crippen LogP contribution in [0.15, 0.2) is 84.9 Å². The van der Waals surface area contributed by atoms with Crippen molar-refractivity contribution in [3.05, 3.63) is 96.1 Å². The summed E-state index contributed by atoms with van der Waals surface area (Å²) in [7, 11) is 1.61. The Hall–Kier alpha value is -4.04. The highest BCUT2D eigenvalue weighted by Crippen LogP contribution is 2.32. The summed E-state index contributed by atoms with van der Waals surface area (Å²) in [5.41, 5.74) is 2.68. The van der Waals surface area contributed by atoms with Crippen LogP contribution in [-0.4, -0.2) is 46.6 Å². The van der Waals surface area contributed by atoms with E-state index < -0.39 is 12.0 Å². The van der Waals surface area contributed by atoms with Crippen molar-refractivity contribution in [1.82, 2.24) is 15.1 Å². The number of anilines is 1. The molecule has 1 aliphatic heterocycles. The molecule has 7 nitrogen and oxygen atoms in total. The Morgan fingerprint density at radius 2 is 1.67 bits per heavy atom. The normalized spacial score (nSPS) is 15.2. The van der Waals surface area contributed by atoms with Crippen LogP contribution < -0.4 is 10.1 Å². The summed E-state index contributed by atoms with van der Waals surface area (Å²) in [5.74, 6) is -0.0600. The second kappa shape index (κ2) is 10.7. The number of likely N-dealkylation sites (tertiary alicyclic amines) is 1. The number of methoxy groups -OCH3 is 1. The van der Waals surface area contributed by atoms with E-state index >= 15 is 0 Å². The molecule has 1 saturated heterocycles. The van der Waals surface area contributed by atoms with Crippen LogP contribution in [0.3, 0.4) is 0 Å². The second-order valence-corrected chi connectivity index (χ2v) is 9.56. The lowest BCUT2D eigenvalue weighted by Crippen LogP contribution is -2.45. The highest BCUT2D eigenvalue weighted by atomic mass is 32.1. The summed E-state index contributed by atoms with van der Waals surface area (Å²) in [4.78, 5) is 28.9. The van der Waals surface area contributed by atoms with Gasteiger partial charge in [0.25, 0.3) is 0 Å². The predicted molar refractivity (Wildman–Crippen MR) is 140 cm³/mol. The summed E-state index contributed by atoms with van der Waals surface area (Å²) in [6, 6.07) is 26.4. The van der Waals surface area contributed by atoms with E-state index in [9.17, 15) is 9.59 Å². The van der Waals surface area contributed by atoms with E-state index in [1.807, 2.05) is 84.9 Å². The van der Waals surface area contributed by atoms with Crippen LogP contribution in [0, 0.1) is 0 Å². The molecule has 3 aromatic carbocycles. The van der Waals surface area contributed by atoms with Gasteiger partial charge in [0.1, 0.15) is 16.8 Å². The Morgan fingerprint density at radius 1 is 0.972 bits per heavy atom. The number of hydrogen-bond donors (Lipinski definition) is 1. The maximum Gasteiger partial charge on any atom is 0.249 e. The largest absolute Gasteiger partial charge is 0.497 e. The molecule has 2 amide bonds. The minimum absolute atomic E-state index is 0.0700. The van der Waals surface area contributed by atoms with Crippen LogP contribution in [0.25, 0.3) is 10.6 Å². The molecule has 8 heteroatoms. The van der Waals surface area contributed by atoms with Crippen LogP contribution in [0.2, 0.25) is 0 Å². The Bertz CT molecular complexity index is 1300. The van der Waals surface area contributed by atoms with Crippen molar-refractivity contribution in [2.24, 2.45) is 0 Å². The van der Waals surface area contributed by atoms with Crippen LogP contribution in [0.4, 0.5) is 5.13 Å². The first-order valence-corrected chi connectivity index (χ1v) is 12.6. The van der Waals surface area contributed by atoms with Crippen LogP contribution in [0.5, 0.6) is 5.75 Å². The lowest BCUT2D eigenvalue weighted by Gasteiger charge is -2.28. The van der Waals surface area contributed by atoms with Gasteiger partial charge >= 0.3 is 0 Å². The molecule has 0 radical (unpaired) electrons. The second-order valence-electron chi connectivity index (χ2n) is 8.58. The van der Waals surface area contributed by atoms with E-state index in [4.69, 9.17) is 4.74 Å². The summed E-state index contributed by atoms with van der Waals surface area (Å²) < 4.78 is 5.28. The number of hydrogen-bond acceptors (Lipinski definition) is 6.